The van der Waals surface area contributed by atoms with Crippen LogP contribution in [0.3, 0.4) is 0 Å². The van der Waals surface area contributed by atoms with Crippen LogP contribution in [-0.2, 0) is 52.2 Å². The van der Waals surface area contributed by atoms with Gasteiger partial charge in [-0.2, -0.15) is 0 Å². The summed E-state index contributed by atoms with van der Waals surface area (Å²) >= 11 is 0. The largest absolute Gasteiger partial charge is 0.462 e. The van der Waals surface area contributed by atoms with Crippen LogP contribution >= 0.6 is 0 Å². The zero-order valence-corrected chi connectivity index (χ0v) is 42.9. The maximum Gasteiger partial charge on any atom is 0.316 e. The summed E-state index contributed by atoms with van der Waals surface area (Å²) in [7, 11) is 5.35. The average Bonchev–Trinajstić information content (AvgIpc) is 3.62. The minimum absolute atomic E-state index is 0.0308. The lowest BCUT2D eigenvalue weighted by Crippen LogP contribution is -2.59. The van der Waals surface area contributed by atoms with E-state index in [1.54, 1.807) is 47.1 Å². The Hall–Kier alpha value is -2.35. The van der Waals surface area contributed by atoms with Gasteiger partial charge in [0.15, 0.2) is 18.4 Å². The summed E-state index contributed by atoms with van der Waals surface area (Å²) in [6.45, 7) is 20.4. The van der Waals surface area contributed by atoms with E-state index in [0.29, 0.717) is 49.8 Å². The van der Waals surface area contributed by atoms with Crippen LogP contribution in [-0.4, -0.2) is 163 Å². The van der Waals surface area contributed by atoms with Gasteiger partial charge in [0.2, 0.25) is 0 Å². The first-order valence-electron chi connectivity index (χ1n) is 25.2. The molecule has 0 radical (unpaired) electrons. The van der Waals surface area contributed by atoms with E-state index in [0.717, 1.165) is 12.0 Å². The highest BCUT2D eigenvalue weighted by atomic mass is 16.7. The predicted octanol–water partition coefficient (Wildman–Crippen LogP) is 6.09. The molecule has 6 heterocycles. The zero-order valence-electron chi connectivity index (χ0n) is 42.9. The van der Waals surface area contributed by atoms with Crippen molar-refractivity contribution in [3.8, 4) is 0 Å². The van der Waals surface area contributed by atoms with Crippen molar-refractivity contribution in [3.05, 3.63) is 59.3 Å². The molecule has 7 rings (SSSR count). The quantitative estimate of drug-likeness (QED) is 0.160. The average molecular weight is 958 g/mol. The lowest BCUT2D eigenvalue weighted by molar-refractivity contribution is -0.315. The van der Waals surface area contributed by atoms with Crippen molar-refractivity contribution in [1.29, 1.82) is 0 Å². The standard InChI is InChI=1S/C53H83NO14/c1-14-29(2)47-32(5)20-21-52(68-47)26-38-23-37(67-52)19-18-31(4)46(30(3)16-15-17-36-27-61-49-45(55)33(6)22-39(50(56)64-38)53(36,49)58)65-43-25-41(60-13)48(35(8)63-43)66-42-24-40(59-12)44(34(7)62-42)54(11)28-51(9,10)57/h15-18,20-22,29-30,32,34-35,37-49,55,57-58H,14,19,23-28H2,1-13H3/b16-15+,31-18+,36-17+/t29-,30-,32-,34+,35-,37+,38-,39-,40+,41-,42+,43-,44-,45+,46-,47+,48-,49+,52+,53+/m0/s1. The van der Waals surface area contributed by atoms with Crippen molar-refractivity contribution in [2.45, 2.75) is 211 Å². The van der Waals surface area contributed by atoms with Crippen molar-refractivity contribution in [1.82, 2.24) is 4.90 Å². The third-order valence-electron chi connectivity index (χ3n) is 15.6. The molecule has 68 heavy (non-hydrogen) atoms. The highest BCUT2D eigenvalue weighted by Crippen LogP contribution is 2.47. The number of nitrogens with zero attached hydrogens (tertiary/aromatic N) is 1. The minimum Gasteiger partial charge on any atom is -0.462 e. The van der Waals surface area contributed by atoms with Crippen molar-refractivity contribution in [2.24, 2.45) is 23.7 Å². The maximum atomic E-state index is 14.4. The number of allylic oxidation sites excluding steroid dienone is 2. The van der Waals surface area contributed by atoms with Gasteiger partial charge in [0.1, 0.15) is 35.9 Å². The fourth-order valence-corrected chi connectivity index (χ4v) is 11.9. The molecule has 1 spiro atoms. The smallest absolute Gasteiger partial charge is 0.316 e. The minimum atomic E-state index is -1.84. The Bertz CT molecular complexity index is 1890. The van der Waals surface area contributed by atoms with Gasteiger partial charge in [0.25, 0.3) is 0 Å². The first-order valence-corrected chi connectivity index (χ1v) is 25.2. The highest BCUT2D eigenvalue weighted by Gasteiger charge is 2.60. The van der Waals surface area contributed by atoms with Crippen LogP contribution in [0.15, 0.2) is 59.3 Å². The number of hydrogen-bond donors (Lipinski definition) is 3. The van der Waals surface area contributed by atoms with Gasteiger partial charge in [-0.3, -0.25) is 9.69 Å². The number of rotatable bonds is 11. The molecule has 0 amide bonds. The third kappa shape index (κ3) is 11.5. The molecule has 384 valence electrons. The second-order valence-corrected chi connectivity index (χ2v) is 21.7. The fourth-order valence-electron chi connectivity index (χ4n) is 11.9. The van der Waals surface area contributed by atoms with Gasteiger partial charge in [-0.1, -0.05) is 70.6 Å². The van der Waals surface area contributed by atoms with E-state index < -0.39 is 78.1 Å². The Labute approximate surface area is 405 Å². The molecular formula is C53H83NO14. The Morgan fingerprint density at radius 2 is 1.62 bits per heavy atom. The molecule has 4 fully saturated rings. The Morgan fingerprint density at radius 3 is 2.31 bits per heavy atom. The molecule has 15 heteroatoms. The summed E-state index contributed by atoms with van der Waals surface area (Å²) in [5, 5.41) is 34.4. The molecule has 0 saturated carbocycles. The normalized spacial score (nSPS) is 46.2. The van der Waals surface area contributed by atoms with E-state index in [2.05, 4.69) is 51.7 Å². The van der Waals surface area contributed by atoms with Gasteiger partial charge >= 0.3 is 5.97 Å². The van der Waals surface area contributed by atoms with Crippen molar-refractivity contribution >= 4 is 5.97 Å². The molecule has 15 nitrogen and oxygen atoms in total. The van der Waals surface area contributed by atoms with Gasteiger partial charge in [-0.25, -0.2) is 0 Å². The SMILES string of the molecule is CC[C@H](C)[C@H]1O[C@]2(C=C[C@@H]1C)C[C@@H]1C[C@@H](C/C=C(\C)[C@@H](O[C@H]3C[C@H](OC)[C@@H](O[C@@H]4C[C@@H](OC)[C@@H](N(C)CC(C)(C)O)[C@@H](C)O4)[C@H](C)O3)[C@@H](C)/C=C/C=C3\CO[C@@H]4[C@H](O)C(C)=C[C@@H](C(=O)O1)[C@]34O)O2. The first kappa shape index (κ1) is 53.4. The number of likely N-dealkylation sites (N-methyl/N-ethyl adjacent to an activating group) is 1. The fraction of sp³-hybridized carbons (Fsp3) is 0.792. The van der Waals surface area contributed by atoms with Crippen LogP contribution in [0.25, 0.3) is 0 Å². The monoisotopic (exact) mass is 958 g/mol. The van der Waals surface area contributed by atoms with Gasteiger partial charge < -0.3 is 62.7 Å². The third-order valence-corrected chi connectivity index (χ3v) is 15.6. The Balaban J connectivity index is 1.14. The number of carbonyl (C=O) groups excluding carboxylic acids is 1. The van der Waals surface area contributed by atoms with E-state index in [-0.39, 0.29) is 60.9 Å². The van der Waals surface area contributed by atoms with Crippen LogP contribution in [0.2, 0.25) is 0 Å². The topological polar surface area (TPSA) is 173 Å². The Morgan fingerprint density at radius 1 is 0.926 bits per heavy atom. The molecule has 0 aromatic carbocycles. The summed E-state index contributed by atoms with van der Waals surface area (Å²) in [5.41, 5.74) is -0.741. The van der Waals surface area contributed by atoms with E-state index in [9.17, 15) is 20.1 Å². The molecule has 7 aliphatic rings. The number of esters is 1. The summed E-state index contributed by atoms with van der Waals surface area (Å²) in [5.74, 6) is -2.58. The number of aliphatic hydroxyl groups is 3. The van der Waals surface area contributed by atoms with Crippen LogP contribution in [0, 0.1) is 23.7 Å². The molecule has 0 aromatic rings. The second-order valence-electron chi connectivity index (χ2n) is 21.7. The van der Waals surface area contributed by atoms with E-state index in [1.807, 2.05) is 39.1 Å². The van der Waals surface area contributed by atoms with Crippen molar-refractivity contribution < 1.29 is 67.5 Å². The Kier molecular flexibility index (Phi) is 17.1. The second kappa shape index (κ2) is 21.8. The number of aliphatic hydroxyl groups excluding tert-OH is 1. The summed E-state index contributed by atoms with van der Waals surface area (Å²) < 4.78 is 65.2. The van der Waals surface area contributed by atoms with Crippen LogP contribution in [0.4, 0.5) is 0 Å². The molecule has 0 unspecified atom stereocenters. The van der Waals surface area contributed by atoms with Crippen LogP contribution < -0.4 is 0 Å². The number of hydrogen-bond acceptors (Lipinski definition) is 15. The van der Waals surface area contributed by atoms with E-state index in [1.165, 1.54) is 0 Å². The highest BCUT2D eigenvalue weighted by molar-refractivity contribution is 5.78. The lowest BCUT2D eigenvalue weighted by atomic mass is 9.71. The molecule has 2 bridgehead atoms. The van der Waals surface area contributed by atoms with Gasteiger partial charge in [0.05, 0.1) is 61.0 Å². The van der Waals surface area contributed by atoms with Crippen LogP contribution in [0.1, 0.15) is 108 Å². The molecule has 6 aliphatic heterocycles. The maximum absolute atomic E-state index is 14.4. The number of fused-ring (bicyclic) bond motifs is 2. The molecular weight excluding hydrogens is 875 g/mol. The van der Waals surface area contributed by atoms with Crippen LogP contribution in [0.5, 0.6) is 0 Å². The number of ether oxygens (including phenoxy) is 10. The molecule has 3 N–H and O–H groups in total. The molecule has 4 saturated heterocycles. The van der Waals surface area contributed by atoms with Crippen molar-refractivity contribution in [3.63, 3.8) is 0 Å². The zero-order chi connectivity index (χ0) is 49.5. The van der Waals surface area contributed by atoms with Gasteiger partial charge in [-0.15, -0.1) is 0 Å². The molecule has 1 aliphatic carbocycles. The van der Waals surface area contributed by atoms with Gasteiger partial charge in [0, 0.05) is 58.3 Å². The lowest BCUT2D eigenvalue weighted by Gasteiger charge is -2.48. The summed E-state index contributed by atoms with van der Waals surface area (Å²) in [6, 6.07) is -0.0841. The predicted molar refractivity (Wildman–Crippen MR) is 254 cm³/mol. The molecule has 0 aromatic heterocycles. The summed E-state index contributed by atoms with van der Waals surface area (Å²) in [6.07, 6.45) is 9.99. The summed E-state index contributed by atoms with van der Waals surface area (Å²) in [4.78, 5) is 16.5. The first-order chi connectivity index (χ1) is 32.1. The van der Waals surface area contributed by atoms with E-state index >= 15 is 0 Å². The molecule has 20 atom stereocenters. The van der Waals surface area contributed by atoms with Crippen molar-refractivity contribution in [2.75, 3.05) is 34.4 Å². The van der Waals surface area contributed by atoms with E-state index in [4.69, 9.17) is 47.4 Å². The number of methoxy groups -OCH3 is 2. The number of carbonyl (C=O) groups is 1. The van der Waals surface area contributed by atoms with Gasteiger partial charge in [-0.05, 0) is 83.7 Å².